The molecule has 39 heavy (non-hydrogen) atoms. The van der Waals surface area contributed by atoms with Gasteiger partial charge in [-0.2, -0.15) is 5.10 Å². The lowest BCUT2D eigenvalue weighted by atomic mass is 9.97. The number of carbonyl (C=O) groups is 2. The van der Waals surface area contributed by atoms with Gasteiger partial charge in [0.1, 0.15) is 5.82 Å². The number of fused-ring (bicyclic) bond motifs is 2. The van der Waals surface area contributed by atoms with E-state index in [-0.39, 0.29) is 30.5 Å². The summed E-state index contributed by atoms with van der Waals surface area (Å²) in [7, 11) is 1.33. The molecule has 2 unspecified atom stereocenters. The van der Waals surface area contributed by atoms with E-state index >= 15 is 0 Å². The van der Waals surface area contributed by atoms with Gasteiger partial charge in [0.15, 0.2) is 5.69 Å². The van der Waals surface area contributed by atoms with Crippen LogP contribution in [-0.2, 0) is 11.3 Å². The van der Waals surface area contributed by atoms with E-state index in [1.165, 1.54) is 43.4 Å². The van der Waals surface area contributed by atoms with Gasteiger partial charge in [-0.05, 0) is 78.3 Å². The summed E-state index contributed by atoms with van der Waals surface area (Å²) in [6.07, 6.45) is 5.02. The van der Waals surface area contributed by atoms with Crippen molar-refractivity contribution in [1.82, 2.24) is 25.1 Å². The maximum Gasteiger partial charge on any atom is 0.410 e. The first kappa shape index (κ1) is 25.6. The van der Waals surface area contributed by atoms with E-state index < -0.39 is 6.09 Å². The molecule has 2 fully saturated rings. The highest BCUT2D eigenvalue weighted by atomic mass is 35.5. The molecule has 2 aliphatic heterocycles. The number of amides is 2. The molecule has 202 valence electrons. The first-order valence-electron chi connectivity index (χ1n) is 13.1. The van der Waals surface area contributed by atoms with E-state index in [1.54, 1.807) is 28.9 Å². The third-order valence-electron chi connectivity index (χ3n) is 7.91. The molecule has 3 aromatic rings. The van der Waals surface area contributed by atoms with Crippen molar-refractivity contribution in [3.63, 3.8) is 0 Å². The monoisotopic (exact) mass is 549 g/mol. The van der Waals surface area contributed by atoms with Crippen LogP contribution >= 0.6 is 11.6 Å². The Labute approximate surface area is 230 Å². The van der Waals surface area contributed by atoms with Gasteiger partial charge < -0.3 is 4.74 Å². The minimum absolute atomic E-state index is 0.157. The summed E-state index contributed by atoms with van der Waals surface area (Å²) in [5, 5.41) is 7.37. The second kappa shape index (κ2) is 10.5. The van der Waals surface area contributed by atoms with E-state index in [1.807, 2.05) is 23.2 Å². The molecule has 1 aromatic heterocycles. The van der Waals surface area contributed by atoms with Crippen LogP contribution in [0.15, 0.2) is 48.5 Å². The van der Waals surface area contributed by atoms with Crippen molar-refractivity contribution in [3.05, 3.63) is 81.9 Å². The van der Waals surface area contributed by atoms with Crippen LogP contribution in [-0.4, -0.2) is 58.4 Å². The Balaban J connectivity index is 1.44. The van der Waals surface area contributed by atoms with E-state index in [9.17, 15) is 14.0 Å². The van der Waals surface area contributed by atoms with Gasteiger partial charge in [-0.25, -0.2) is 18.9 Å². The predicted molar refractivity (Wildman–Crippen MR) is 146 cm³/mol. The molecule has 1 N–H and O–H groups in total. The van der Waals surface area contributed by atoms with Gasteiger partial charge >= 0.3 is 6.09 Å². The molecule has 3 heterocycles. The number of hydrogen-bond acceptors (Lipinski definition) is 5. The predicted octanol–water partition coefficient (Wildman–Crippen LogP) is 5.16. The first-order chi connectivity index (χ1) is 18.9. The van der Waals surface area contributed by atoms with Gasteiger partial charge in [0.2, 0.25) is 0 Å². The van der Waals surface area contributed by atoms with E-state index in [2.05, 4.69) is 5.43 Å². The average molecular weight is 550 g/mol. The number of hydrogen-bond donors (Lipinski definition) is 1. The SMILES string of the molecule is COC(=O)N1CC(=Cc2ccc(F)cc2)c2c(c(C(=O)NN3CC4CCCC4C3)nn2-c2ccc(Cl)cc2)C1. The molecule has 3 aliphatic rings. The summed E-state index contributed by atoms with van der Waals surface area (Å²) in [4.78, 5) is 27.9. The Morgan fingerprint density at radius 3 is 2.41 bits per heavy atom. The van der Waals surface area contributed by atoms with Crippen molar-refractivity contribution in [1.29, 1.82) is 0 Å². The fourth-order valence-corrected chi connectivity index (χ4v) is 6.19. The number of methoxy groups -OCH3 is 1. The number of rotatable bonds is 4. The Kier molecular flexibility index (Phi) is 6.86. The van der Waals surface area contributed by atoms with Crippen molar-refractivity contribution in [2.24, 2.45) is 11.8 Å². The second-order valence-electron chi connectivity index (χ2n) is 10.4. The van der Waals surface area contributed by atoms with Gasteiger partial charge in [-0.3, -0.25) is 15.1 Å². The van der Waals surface area contributed by atoms with E-state index in [0.717, 1.165) is 29.9 Å². The zero-order valence-corrected chi connectivity index (χ0v) is 22.3. The molecule has 1 saturated heterocycles. The van der Waals surface area contributed by atoms with Crippen LogP contribution < -0.4 is 5.43 Å². The summed E-state index contributed by atoms with van der Waals surface area (Å²) in [6.45, 7) is 2.05. The number of ether oxygens (including phenoxy) is 1. The highest BCUT2D eigenvalue weighted by molar-refractivity contribution is 6.30. The molecule has 8 nitrogen and oxygen atoms in total. The fourth-order valence-electron chi connectivity index (χ4n) is 6.06. The zero-order valence-electron chi connectivity index (χ0n) is 21.6. The molecule has 2 atom stereocenters. The Hall–Kier alpha value is -3.69. The van der Waals surface area contributed by atoms with Crippen molar-refractivity contribution >= 4 is 35.3 Å². The summed E-state index contributed by atoms with van der Waals surface area (Å²) in [5.41, 5.74) is 6.87. The minimum atomic E-state index is -0.511. The number of carbonyl (C=O) groups excluding carboxylic acids is 2. The number of aromatic nitrogens is 2. The Morgan fingerprint density at radius 2 is 1.74 bits per heavy atom. The maximum atomic E-state index is 13.7. The molecular weight excluding hydrogens is 521 g/mol. The van der Waals surface area contributed by atoms with Crippen molar-refractivity contribution in [3.8, 4) is 5.69 Å². The number of benzene rings is 2. The Bertz CT molecular complexity index is 1420. The molecule has 2 aromatic carbocycles. The fraction of sp³-hybridized carbons (Fsp3) is 0.345. The summed E-state index contributed by atoms with van der Waals surface area (Å²) in [5.74, 6) is 0.581. The smallest absolute Gasteiger partial charge is 0.410 e. The molecule has 6 rings (SSSR count). The highest BCUT2D eigenvalue weighted by Crippen LogP contribution is 2.38. The summed E-state index contributed by atoms with van der Waals surface area (Å²) < 4.78 is 20.4. The minimum Gasteiger partial charge on any atom is -0.453 e. The second-order valence-corrected chi connectivity index (χ2v) is 10.8. The van der Waals surface area contributed by atoms with Crippen LogP contribution in [0.1, 0.15) is 46.6 Å². The van der Waals surface area contributed by atoms with E-state index in [4.69, 9.17) is 21.4 Å². The normalized spacial score (nSPS) is 21.6. The lowest BCUT2D eigenvalue weighted by Crippen LogP contribution is -2.42. The van der Waals surface area contributed by atoms with Gasteiger partial charge in [0, 0.05) is 23.7 Å². The maximum absolute atomic E-state index is 13.7. The van der Waals surface area contributed by atoms with Crippen LogP contribution in [0.5, 0.6) is 0 Å². The van der Waals surface area contributed by atoms with Crippen LogP contribution in [0.4, 0.5) is 9.18 Å². The van der Waals surface area contributed by atoms with Gasteiger partial charge in [0.25, 0.3) is 5.91 Å². The molecule has 0 spiro atoms. The molecule has 0 bridgehead atoms. The van der Waals surface area contributed by atoms with Gasteiger partial charge in [0.05, 0.1) is 31.6 Å². The van der Waals surface area contributed by atoms with Crippen LogP contribution in [0.25, 0.3) is 17.3 Å². The number of nitrogens with zero attached hydrogens (tertiary/aromatic N) is 4. The van der Waals surface area contributed by atoms with Gasteiger partial charge in [-0.15, -0.1) is 0 Å². The third-order valence-corrected chi connectivity index (χ3v) is 8.17. The van der Waals surface area contributed by atoms with Crippen LogP contribution in [0.2, 0.25) is 5.02 Å². The topological polar surface area (TPSA) is 79.7 Å². The number of nitrogens with one attached hydrogen (secondary N) is 1. The quantitative estimate of drug-likeness (QED) is 0.486. The Morgan fingerprint density at radius 1 is 1.05 bits per heavy atom. The van der Waals surface area contributed by atoms with Crippen LogP contribution in [0.3, 0.4) is 0 Å². The van der Waals surface area contributed by atoms with Gasteiger partial charge in [-0.1, -0.05) is 30.2 Å². The van der Waals surface area contributed by atoms with E-state index in [0.29, 0.717) is 28.1 Å². The highest BCUT2D eigenvalue weighted by Gasteiger charge is 2.38. The zero-order chi connectivity index (χ0) is 27.1. The summed E-state index contributed by atoms with van der Waals surface area (Å²) >= 11 is 6.15. The molecule has 2 amide bonds. The molecule has 1 saturated carbocycles. The van der Waals surface area contributed by atoms with Crippen LogP contribution in [0, 0.1) is 17.7 Å². The average Bonchev–Trinajstić information content (AvgIpc) is 3.64. The lowest BCUT2D eigenvalue weighted by molar-refractivity contribution is 0.0805. The molecule has 1 aliphatic carbocycles. The standard InChI is InChI=1S/C29H29ClFN5O3/c1-39-29(38)34-14-21(13-18-5-9-23(31)10-6-18)27-25(17-34)26(32-36(27)24-11-7-22(30)8-12-24)28(37)33-35-15-19-3-2-4-20(19)16-35/h5-13,19-20H,2-4,14-17H2,1H3,(H,33,37). The molecular formula is C29H29ClFN5O3. The largest absolute Gasteiger partial charge is 0.453 e. The molecule has 0 radical (unpaired) electrons. The number of halogens is 2. The number of hydrazine groups is 1. The third kappa shape index (κ3) is 5.04. The summed E-state index contributed by atoms with van der Waals surface area (Å²) in [6, 6.07) is 13.3. The van der Waals surface area contributed by atoms with Crippen molar-refractivity contribution < 1.29 is 18.7 Å². The lowest BCUT2D eigenvalue weighted by Gasteiger charge is -2.29. The van der Waals surface area contributed by atoms with Crippen molar-refractivity contribution in [2.75, 3.05) is 26.7 Å². The van der Waals surface area contributed by atoms with Crippen molar-refractivity contribution in [2.45, 2.75) is 25.8 Å². The first-order valence-corrected chi connectivity index (χ1v) is 13.5. The molecule has 10 heteroatoms.